The number of hydrogen-bond acceptors (Lipinski definition) is 3. The van der Waals surface area contributed by atoms with Crippen molar-refractivity contribution in [3.8, 4) is 6.19 Å². The fraction of sp³-hybridized carbons (Fsp3) is 0.182. The van der Waals surface area contributed by atoms with Gasteiger partial charge in [0.25, 0.3) is 0 Å². The second-order valence-corrected chi connectivity index (χ2v) is 3.37. The van der Waals surface area contributed by atoms with Crippen LogP contribution in [0.4, 0.5) is 5.69 Å². The van der Waals surface area contributed by atoms with E-state index in [4.69, 9.17) is 16.7 Å². The lowest BCUT2D eigenvalue weighted by atomic mass is 10.1. The van der Waals surface area contributed by atoms with E-state index in [1.165, 1.54) is 0 Å². The van der Waals surface area contributed by atoms with Gasteiger partial charge in [-0.05, 0) is 24.1 Å². The Hall–Kier alpha value is -2.55. The van der Waals surface area contributed by atoms with Gasteiger partial charge >= 0.3 is 0 Å². The number of nitriles is 1. The van der Waals surface area contributed by atoms with Crippen molar-refractivity contribution in [3.63, 3.8) is 0 Å². The van der Waals surface area contributed by atoms with Crippen LogP contribution in [0.2, 0.25) is 0 Å². The first kappa shape index (κ1) is 12.5. The highest BCUT2D eigenvalue weighted by Crippen LogP contribution is 2.14. The van der Waals surface area contributed by atoms with E-state index in [2.05, 4.69) is 10.3 Å². The van der Waals surface area contributed by atoms with Crippen molar-refractivity contribution in [2.24, 2.45) is 16.5 Å². The molecule has 0 spiro atoms. The SMILES string of the molecule is N#CNC(N)=Nc1cccc(CCC(N)=O)c1. The number of amides is 1. The summed E-state index contributed by atoms with van der Waals surface area (Å²) in [5.74, 6) is -0.316. The van der Waals surface area contributed by atoms with Crippen LogP contribution >= 0.6 is 0 Å². The van der Waals surface area contributed by atoms with Crippen molar-refractivity contribution in [1.82, 2.24) is 5.32 Å². The van der Waals surface area contributed by atoms with Gasteiger partial charge in [-0.3, -0.25) is 10.1 Å². The molecule has 0 aliphatic carbocycles. The number of benzene rings is 1. The van der Waals surface area contributed by atoms with E-state index in [0.717, 1.165) is 5.56 Å². The number of carbonyl (C=O) groups is 1. The maximum atomic E-state index is 10.6. The monoisotopic (exact) mass is 231 g/mol. The van der Waals surface area contributed by atoms with Crippen LogP contribution in [0.3, 0.4) is 0 Å². The third-order valence-corrected chi connectivity index (χ3v) is 2.00. The summed E-state index contributed by atoms with van der Waals surface area (Å²) >= 11 is 0. The lowest BCUT2D eigenvalue weighted by Gasteiger charge is -2.01. The van der Waals surface area contributed by atoms with Gasteiger partial charge in [0.2, 0.25) is 11.9 Å². The summed E-state index contributed by atoms with van der Waals surface area (Å²) in [5.41, 5.74) is 12.1. The van der Waals surface area contributed by atoms with E-state index in [1.54, 1.807) is 24.4 Å². The van der Waals surface area contributed by atoms with Crippen molar-refractivity contribution in [1.29, 1.82) is 5.26 Å². The molecule has 0 saturated carbocycles. The lowest BCUT2D eigenvalue weighted by molar-refractivity contribution is -0.117. The maximum absolute atomic E-state index is 10.6. The number of primary amides is 1. The summed E-state index contributed by atoms with van der Waals surface area (Å²) in [6, 6.07) is 7.21. The Morgan fingerprint density at radius 2 is 2.24 bits per heavy atom. The Bertz CT molecular complexity index is 475. The lowest BCUT2D eigenvalue weighted by Crippen LogP contribution is -2.26. The van der Waals surface area contributed by atoms with E-state index in [-0.39, 0.29) is 11.9 Å². The average molecular weight is 231 g/mol. The minimum Gasteiger partial charge on any atom is -0.370 e. The first-order chi connectivity index (χ1) is 8.11. The molecule has 1 amide bonds. The minimum absolute atomic E-state index is 0.0274. The fourth-order valence-electron chi connectivity index (χ4n) is 1.27. The zero-order valence-corrected chi connectivity index (χ0v) is 9.18. The van der Waals surface area contributed by atoms with Crippen LogP contribution in [-0.2, 0) is 11.2 Å². The van der Waals surface area contributed by atoms with Crippen LogP contribution in [0.25, 0.3) is 0 Å². The number of carbonyl (C=O) groups excluding carboxylic acids is 1. The Labute approximate surface area is 98.9 Å². The van der Waals surface area contributed by atoms with Crippen molar-refractivity contribution in [2.75, 3.05) is 0 Å². The normalized spacial score (nSPS) is 10.6. The number of aryl methyl sites for hydroxylation is 1. The molecule has 0 aromatic heterocycles. The number of guanidine groups is 1. The summed E-state index contributed by atoms with van der Waals surface area (Å²) in [5, 5.41) is 10.6. The Morgan fingerprint density at radius 3 is 2.88 bits per heavy atom. The number of nitrogens with one attached hydrogen (secondary N) is 1. The van der Waals surface area contributed by atoms with Crippen molar-refractivity contribution < 1.29 is 4.79 Å². The molecule has 1 rings (SSSR count). The first-order valence-electron chi connectivity index (χ1n) is 4.98. The van der Waals surface area contributed by atoms with Gasteiger partial charge in [-0.2, -0.15) is 5.26 Å². The summed E-state index contributed by atoms with van der Waals surface area (Å²) in [6.45, 7) is 0. The molecule has 1 aromatic carbocycles. The van der Waals surface area contributed by atoms with Gasteiger partial charge in [0.1, 0.15) is 0 Å². The summed E-state index contributed by atoms with van der Waals surface area (Å²) in [7, 11) is 0. The highest BCUT2D eigenvalue weighted by molar-refractivity contribution is 5.82. The Morgan fingerprint density at radius 1 is 1.47 bits per heavy atom. The number of nitrogens with two attached hydrogens (primary N) is 2. The summed E-state index contributed by atoms with van der Waals surface area (Å²) < 4.78 is 0. The molecule has 0 saturated heterocycles. The minimum atomic E-state index is -0.343. The third-order valence-electron chi connectivity index (χ3n) is 2.00. The topological polar surface area (TPSA) is 117 Å². The van der Waals surface area contributed by atoms with Gasteiger partial charge in [-0.15, -0.1) is 0 Å². The molecule has 0 heterocycles. The molecule has 0 radical (unpaired) electrons. The first-order valence-corrected chi connectivity index (χ1v) is 4.98. The number of rotatable bonds is 4. The molecule has 6 nitrogen and oxygen atoms in total. The molecular formula is C11H13N5O. The largest absolute Gasteiger partial charge is 0.370 e. The molecule has 1 aromatic rings. The number of hydrogen-bond donors (Lipinski definition) is 3. The average Bonchev–Trinajstić information content (AvgIpc) is 2.27. The molecule has 0 aliphatic rings. The zero-order valence-electron chi connectivity index (χ0n) is 9.18. The van der Waals surface area contributed by atoms with E-state index >= 15 is 0 Å². The van der Waals surface area contributed by atoms with Gasteiger partial charge in [0.05, 0.1) is 5.69 Å². The molecule has 0 bridgehead atoms. The maximum Gasteiger partial charge on any atom is 0.217 e. The van der Waals surface area contributed by atoms with Crippen LogP contribution in [0.1, 0.15) is 12.0 Å². The van der Waals surface area contributed by atoms with E-state index < -0.39 is 0 Å². The summed E-state index contributed by atoms with van der Waals surface area (Å²) in [4.78, 5) is 14.6. The summed E-state index contributed by atoms with van der Waals surface area (Å²) in [6.07, 6.45) is 2.53. The molecule has 5 N–H and O–H groups in total. The van der Waals surface area contributed by atoms with E-state index in [0.29, 0.717) is 18.5 Å². The van der Waals surface area contributed by atoms with Gasteiger partial charge < -0.3 is 11.5 Å². The number of aliphatic imine (C=N–C) groups is 1. The van der Waals surface area contributed by atoms with Gasteiger partial charge in [0.15, 0.2) is 6.19 Å². The molecule has 88 valence electrons. The van der Waals surface area contributed by atoms with Crippen molar-refractivity contribution in [2.45, 2.75) is 12.8 Å². The predicted octanol–water partition coefficient (Wildman–Crippen LogP) is 0.121. The van der Waals surface area contributed by atoms with E-state index in [9.17, 15) is 4.79 Å². The zero-order chi connectivity index (χ0) is 12.7. The van der Waals surface area contributed by atoms with Crippen LogP contribution in [0, 0.1) is 11.5 Å². The van der Waals surface area contributed by atoms with Gasteiger partial charge in [-0.1, -0.05) is 12.1 Å². The van der Waals surface area contributed by atoms with Crippen LogP contribution in [0.5, 0.6) is 0 Å². The van der Waals surface area contributed by atoms with Gasteiger partial charge in [-0.25, -0.2) is 4.99 Å². The van der Waals surface area contributed by atoms with Crippen molar-refractivity contribution >= 4 is 17.6 Å². The second-order valence-electron chi connectivity index (χ2n) is 3.37. The molecule has 0 unspecified atom stereocenters. The molecule has 0 atom stereocenters. The molecule has 6 heteroatoms. The Balaban J connectivity index is 2.76. The highest BCUT2D eigenvalue weighted by atomic mass is 16.1. The van der Waals surface area contributed by atoms with Crippen LogP contribution < -0.4 is 16.8 Å². The standard InChI is InChI=1S/C11H13N5O/c12-7-15-11(14)16-9-3-1-2-8(6-9)4-5-10(13)17/h1-3,6H,4-5H2,(H2,13,17)(H3,14,15,16). The van der Waals surface area contributed by atoms with Crippen molar-refractivity contribution in [3.05, 3.63) is 29.8 Å². The van der Waals surface area contributed by atoms with Crippen LogP contribution in [-0.4, -0.2) is 11.9 Å². The third kappa shape index (κ3) is 4.66. The quantitative estimate of drug-likeness (QED) is 0.295. The Kier molecular flexibility index (Phi) is 4.51. The molecule has 17 heavy (non-hydrogen) atoms. The molecular weight excluding hydrogens is 218 g/mol. The smallest absolute Gasteiger partial charge is 0.217 e. The van der Waals surface area contributed by atoms with Gasteiger partial charge in [0, 0.05) is 6.42 Å². The predicted molar refractivity (Wildman–Crippen MR) is 64.0 cm³/mol. The molecule has 0 fully saturated rings. The fourth-order valence-corrected chi connectivity index (χ4v) is 1.27. The van der Waals surface area contributed by atoms with Crippen LogP contribution in [0.15, 0.2) is 29.3 Å². The highest BCUT2D eigenvalue weighted by Gasteiger charge is 1.99. The number of nitrogens with zero attached hydrogens (tertiary/aromatic N) is 2. The van der Waals surface area contributed by atoms with E-state index in [1.807, 2.05) is 6.07 Å². The molecule has 0 aliphatic heterocycles. The second kappa shape index (κ2) is 6.12.